The SMILES string of the molecule is [C-]#[O+].[C-]#[O+].[C-]#[O+].[CH3][Sn]([c]1ccccc1)[c]1ccccc1.[Co+3].c1ccc([PH+](c2ccccc2)c2ccccc2)cc1. The molecule has 0 aromatic heterocycles. The Kier molecular flexibility index (Phi) is 22.1. The van der Waals surface area contributed by atoms with E-state index in [1.165, 1.54) is 15.9 Å². The van der Waals surface area contributed by atoms with Crippen LogP contribution >= 0.6 is 7.92 Å². The minimum Gasteiger partial charge on any atom is -0.0620 e. The Morgan fingerprint density at radius 1 is 0.400 bits per heavy atom. The van der Waals surface area contributed by atoms with Gasteiger partial charge in [0.15, 0.2) is 0 Å². The van der Waals surface area contributed by atoms with Gasteiger partial charge < -0.3 is 0 Å². The van der Waals surface area contributed by atoms with E-state index in [1.807, 2.05) is 0 Å². The summed E-state index contributed by atoms with van der Waals surface area (Å²) < 4.78 is 25.6. The fourth-order valence-electron chi connectivity index (χ4n) is 3.86. The van der Waals surface area contributed by atoms with Gasteiger partial charge >= 0.3 is 143 Å². The largest absolute Gasteiger partial charge is 3.00 e. The minimum atomic E-state index is -1.50. The number of benzene rings is 5. The molecule has 0 bridgehead atoms. The molecular formula is C34H29CoO3PSn+4. The molecule has 197 valence electrons. The summed E-state index contributed by atoms with van der Waals surface area (Å²) in [4.78, 5) is 2.44. The van der Waals surface area contributed by atoms with Crippen molar-refractivity contribution >= 4 is 50.8 Å². The molecule has 40 heavy (non-hydrogen) atoms. The summed E-state index contributed by atoms with van der Waals surface area (Å²) >= 11 is -1.50. The second-order valence-electron chi connectivity index (χ2n) is 7.83. The van der Waals surface area contributed by atoms with E-state index in [4.69, 9.17) is 14.0 Å². The van der Waals surface area contributed by atoms with Crippen molar-refractivity contribution in [3.8, 4) is 0 Å². The second kappa shape index (κ2) is 23.9. The molecule has 0 fully saturated rings. The summed E-state index contributed by atoms with van der Waals surface area (Å²) in [5, 5.41) is 4.31. The summed E-state index contributed by atoms with van der Waals surface area (Å²) in [5.41, 5.74) is 0. The summed E-state index contributed by atoms with van der Waals surface area (Å²) in [6, 6.07) is 54.3. The third kappa shape index (κ3) is 12.5. The van der Waals surface area contributed by atoms with Crippen LogP contribution in [0.4, 0.5) is 0 Å². The van der Waals surface area contributed by atoms with E-state index < -0.39 is 27.7 Å². The Bertz CT molecular complexity index is 1200. The summed E-state index contributed by atoms with van der Waals surface area (Å²) in [7, 11) is -0.877. The van der Waals surface area contributed by atoms with Gasteiger partial charge in [0.1, 0.15) is 15.9 Å². The Morgan fingerprint density at radius 3 is 0.825 bits per heavy atom. The summed E-state index contributed by atoms with van der Waals surface area (Å²) in [6.07, 6.45) is 0. The third-order valence-electron chi connectivity index (χ3n) is 5.60. The Labute approximate surface area is 256 Å². The molecule has 0 saturated heterocycles. The van der Waals surface area contributed by atoms with Crippen LogP contribution in [-0.4, -0.2) is 19.8 Å². The Balaban J connectivity index is 0.000000646. The topological polar surface area (TPSA) is 59.7 Å². The first-order valence-electron chi connectivity index (χ1n) is 11.9. The molecule has 3 nitrogen and oxygen atoms in total. The van der Waals surface area contributed by atoms with Crippen LogP contribution in [0.2, 0.25) is 4.94 Å². The van der Waals surface area contributed by atoms with Gasteiger partial charge in [-0.1, -0.05) is 54.6 Å². The maximum Gasteiger partial charge on any atom is 3.00 e. The summed E-state index contributed by atoms with van der Waals surface area (Å²) in [5.74, 6) is 0. The second-order valence-corrected chi connectivity index (χ2v) is 17.2. The fraction of sp³-hybridized carbons (Fsp3) is 0.0294. The maximum atomic E-state index is 7.50. The molecular weight excluding hydrogens is 665 g/mol. The molecule has 5 aromatic carbocycles. The molecule has 0 N–H and O–H groups in total. The number of rotatable bonds is 5. The molecule has 0 aliphatic carbocycles. The van der Waals surface area contributed by atoms with Gasteiger partial charge in [-0.2, -0.15) is 0 Å². The molecule has 0 aliphatic rings. The zero-order valence-corrected chi connectivity index (χ0v) is 26.9. The van der Waals surface area contributed by atoms with Crippen molar-refractivity contribution in [2.45, 2.75) is 4.94 Å². The van der Waals surface area contributed by atoms with Gasteiger partial charge in [0.05, 0.1) is 7.92 Å². The molecule has 6 heteroatoms. The van der Waals surface area contributed by atoms with Gasteiger partial charge in [-0.05, 0) is 36.4 Å². The molecule has 0 atom stereocenters. The van der Waals surface area contributed by atoms with Gasteiger partial charge in [0.2, 0.25) is 0 Å². The normalized spacial score (nSPS) is 8.82. The summed E-state index contributed by atoms with van der Waals surface area (Å²) in [6.45, 7) is 13.5. The van der Waals surface area contributed by atoms with E-state index in [0.29, 0.717) is 0 Å². The van der Waals surface area contributed by atoms with E-state index in [9.17, 15) is 0 Å². The first-order chi connectivity index (χ1) is 19.3. The first-order valence-corrected chi connectivity index (χ1v) is 19.1. The smallest absolute Gasteiger partial charge is 0.0620 e. The van der Waals surface area contributed by atoms with Crippen molar-refractivity contribution in [1.82, 2.24) is 0 Å². The van der Waals surface area contributed by atoms with E-state index in [2.05, 4.69) is 177 Å². The average Bonchev–Trinajstić information content (AvgIpc) is 3.06. The molecule has 0 heterocycles. The predicted octanol–water partition coefficient (Wildman–Crippen LogP) is 4.99. The van der Waals surface area contributed by atoms with Crippen LogP contribution < -0.4 is 23.1 Å². The Hall–Kier alpha value is -2.94. The van der Waals surface area contributed by atoms with Gasteiger partial charge in [0, 0.05) is 0 Å². The van der Waals surface area contributed by atoms with E-state index in [-0.39, 0.29) is 16.8 Å². The molecule has 5 aromatic rings. The van der Waals surface area contributed by atoms with Crippen LogP contribution in [0.3, 0.4) is 0 Å². The molecule has 0 aliphatic heterocycles. The number of hydrogen-bond acceptors (Lipinski definition) is 0. The maximum absolute atomic E-state index is 7.50. The van der Waals surface area contributed by atoms with Crippen LogP contribution in [-0.2, 0) is 30.7 Å². The molecule has 0 spiro atoms. The predicted molar refractivity (Wildman–Crippen MR) is 162 cm³/mol. The van der Waals surface area contributed by atoms with Crippen molar-refractivity contribution in [3.63, 3.8) is 0 Å². The molecule has 0 saturated carbocycles. The van der Waals surface area contributed by atoms with Crippen LogP contribution in [0.15, 0.2) is 152 Å². The van der Waals surface area contributed by atoms with Gasteiger partial charge in [-0.25, -0.2) is 0 Å². The minimum absolute atomic E-state index is 0. The van der Waals surface area contributed by atoms with Gasteiger partial charge in [-0.3, -0.25) is 0 Å². The van der Waals surface area contributed by atoms with E-state index >= 15 is 0 Å². The van der Waals surface area contributed by atoms with Crippen LogP contribution in [0.5, 0.6) is 0 Å². The monoisotopic (exact) mass is 695 g/mol. The zero-order valence-electron chi connectivity index (χ0n) is 22.0. The van der Waals surface area contributed by atoms with E-state index in [1.54, 1.807) is 7.16 Å². The van der Waals surface area contributed by atoms with Crippen molar-refractivity contribution in [2.75, 3.05) is 0 Å². The van der Waals surface area contributed by atoms with Crippen molar-refractivity contribution < 1.29 is 30.7 Å². The first kappa shape index (κ1) is 37.1. The molecule has 5 rings (SSSR count). The van der Waals surface area contributed by atoms with Gasteiger partial charge in [0.25, 0.3) is 0 Å². The van der Waals surface area contributed by atoms with Crippen molar-refractivity contribution in [1.29, 1.82) is 0 Å². The zero-order chi connectivity index (χ0) is 28.7. The third-order valence-corrected chi connectivity index (χ3v) is 15.2. The fourth-order valence-corrected chi connectivity index (χ4v) is 11.3. The number of hydrogen-bond donors (Lipinski definition) is 0. The van der Waals surface area contributed by atoms with Crippen molar-refractivity contribution in [2.24, 2.45) is 0 Å². The van der Waals surface area contributed by atoms with Crippen LogP contribution in [0.1, 0.15) is 0 Å². The van der Waals surface area contributed by atoms with Crippen LogP contribution in [0, 0.1) is 20.0 Å². The molecule has 0 amide bonds. The van der Waals surface area contributed by atoms with Gasteiger partial charge in [-0.15, -0.1) is 0 Å². The molecule has 0 unspecified atom stereocenters. The average molecular weight is 694 g/mol. The van der Waals surface area contributed by atoms with E-state index in [0.717, 1.165) is 0 Å². The molecule has 1 radical (unpaired) electrons. The van der Waals surface area contributed by atoms with Crippen molar-refractivity contribution in [3.05, 3.63) is 172 Å². The van der Waals surface area contributed by atoms with Crippen LogP contribution in [0.25, 0.3) is 0 Å². The standard InChI is InChI=1S/C18H15P.2C6H5.3CO.CH3.Co.Sn/c1-4-10-16(11-5-1)19(17-12-6-2-7-13-17)18-14-8-3-9-15-18;2*1-2-4-6-5-3-1;3*1-2;;;/h1-15H;2*1-5H;;;;1H3;;/q;;;;;;;+3;/p+1. The Morgan fingerprint density at radius 2 is 0.600 bits per heavy atom. The quantitative estimate of drug-likeness (QED) is 0.108.